The van der Waals surface area contributed by atoms with Crippen molar-refractivity contribution in [3.05, 3.63) is 38.9 Å². The first-order valence-electron chi connectivity index (χ1n) is 3.75. The summed E-state index contributed by atoms with van der Waals surface area (Å²) in [6.45, 7) is 5.41. The Labute approximate surface area is 71.2 Å². The number of hydrogen-bond donors (Lipinski definition) is 0. The average Bonchev–Trinajstić information content (AvgIpc) is 1.97. The zero-order valence-corrected chi connectivity index (χ0v) is 7.42. The smallest absolute Gasteiger partial charge is 0.258 e. The highest BCUT2D eigenvalue weighted by atomic mass is 16.6. The van der Waals surface area contributed by atoms with E-state index < -0.39 is 0 Å². The molecule has 0 atom stereocenters. The maximum atomic E-state index is 10.6. The third kappa shape index (κ3) is 1.30. The lowest BCUT2D eigenvalue weighted by molar-refractivity contribution is -0.386. The Kier molecular flexibility index (Phi) is 2.13. The highest BCUT2D eigenvalue weighted by Crippen LogP contribution is 2.24. The van der Waals surface area contributed by atoms with E-state index in [-0.39, 0.29) is 10.6 Å². The second-order valence-corrected chi connectivity index (χ2v) is 2.93. The van der Waals surface area contributed by atoms with E-state index in [4.69, 9.17) is 0 Å². The zero-order chi connectivity index (χ0) is 9.30. The van der Waals surface area contributed by atoms with Gasteiger partial charge in [-0.2, -0.15) is 0 Å². The Balaban J connectivity index is 3.43. The summed E-state index contributed by atoms with van der Waals surface area (Å²) >= 11 is 0. The molecule has 0 fully saturated rings. The van der Waals surface area contributed by atoms with Crippen LogP contribution in [-0.2, 0) is 0 Å². The number of hydrogen-bond acceptors (Lipinski definition) is 2. The highest BCUT2D eigenvalue weighted by molar-refractivity contribution is 5.49. The van der Waals surface area contributed by atoms with Gasteiger partial charge in [-0.3, -0.25) is 10.1 Å². The van der Waals surface area contributed by atoms with Gasteiger partial charge in [0.05, 0.1) is 4.92 Å². The van der Waals surface area contributed by atoms with Gasteiger partial charge in [0.15, 0.2) is 0 Å². The van der Waals surface area contributed by atoms with Crippen LogP contribution in [0.4, 0.5) is 5.69 Å². The SMILES string of the molecule is Cc1ccc(C)c([N+](=O)[O-])c1C. The van der Waals surface area contributed by atoms with Gasteiger partial charge in [-0.25, -0.2) is 0 Å². The van der Waals surface area contributed by atoms with E-state index in [1.807, 2.05) is 13.0 Å². The lowest BCUT2D eigenvalue weighted by atomic mass is 10.0. The van der Waals surface area contributed by atoms with Crippen molar-refractivity contribution >= 4 is 5.69 Å². The van der Waals surface area contributed by atoms with Crippen LogP contribution >= 0.6 is 0 Å². The summed E-state index contributed by atoms with van der Waals surface area (Å²) in [5.41, 5.74) is 2.70. The summed E-state index contributed by atoms with van der Waals surface area (Å²) in [5.74, 6) is 0. The molecule has 0 unspecified atom stereocenters. The molecule has 0 radical (unpaired) electrons. The first kappa shape index (κ1) is 8.71. The topological polar surface area (TPSA) is 43.1 Å². The number of nitro groups is 1. The molecule has 0 bridgehead atoms. The maximum absolute atomic E-state index is 10.6. The van der Waals surface area contributed by atoms with Crippen molar-refractivity contribution in [2.24, 2.45) is 0 Å². The van der Waals surface area contributed by atoms with Crippen molar-refractivity contribution in [3.8, 4) is 0 Å². The Morgan fingerprint density at radius 1 is 1.17 bits per heavy atom. The first-order chi connectivity index (χ1) is 5.54. The van der Waals surface area contributed by atoms with Crippen LogP contribution in [0.3, 0.4) is 0 Å². The number of nitrogens with zero attached hydrogens (tertiary/aromatic N) is 1. The predicted octanol–water partition coefficient (Wildman–Crippen LogP) is 2.52. The van der Waals surface area contributed by atoms with Crippen LogP contribution < -0.4 is 0 Å². The molecule has 0 aromatic heterocycles. The first-order valence-corrected chi connectivity index (χ1v) is 3.75. The van der Waals surface area contributed by atoms with Crippen LogP contribution in [0.5, 0.6) is 0 Å². The minimum absolute atomic E-state index is 0.245. The molecule has 64 valence electrons. The van der Waals surface area contributed by atoms with Crippen LogP contribution in [-0.4, -0.2) is 4.92 Å². The molecule has 0 heterocycles. The molecule has 0 amide bonds. The van der Waals surface area contributed by atoms with E-state index in [2.05, 4.69) is 0 Å². The predicted molar refractivity (Wildman–Crippen MR) is 47.3 cm³/mol. The molecular weight excluding hydrogens is 154 g/mol. The van der Waals surface area contributed by atoms with Gasteiger partial charge in [-0.1, -0.05) is 12.1 Å². The lowest BCUT2D eigenvalue weighted by Gasteiger charge is -2.03. The van der Waals surface area contributed by atoms with Gasteiger partial charge in [0.1, 0.15) is 0 Å². The largest absolute Gasteiger partial charge is 0.275 e. The summed E-state index contributed by atoms with van der Waals surface area (Å²) in [6.07, 6.45) is 0. The van der Waals surface area contributed by atoms with Crippen molar-refractivity contribution in [3.63, 3.8) is 0 Å². The third-order valence-electron chi connectivity index (χ3n) is 2.09. The molecule has 12 heavy (non-hydrogen) atoms. The van der Waals surface area contributed by atoms with Crippen molar-refractivity contribution in [2.75, 3.05) is 0 Å². The molecule has 3 nitrogen and oxygen atoms in total. The fraction of sp³-hybridized carbons (Fsp3) is 0.333. The number of nitro benzene ring substituents is 1. The van der Waals surface area contributed by atoms with Gasteiger partial charge in [0.2, 0.25) is 0 Å². The van der Waals surface area contributed by atoms with Crippen LogP contribution in [0.2, 0.25) is 0 Å². The summed E-state index contributed by atoms with van der Waals surface area (Å²) in [5, 5.41) is 10.6. The van der Waals surface area contributed by atoms with Crippen LogP contribution in [0.1, 0.15) is 16.7 Å². The molecule has 0 saturated carbocycles. The van der Waals surface area contributed by atoms with Gasteiger partial charge < -0.3 is 0 Å². The number of rotatable bonds is 1. The normalized spacial score (nSPS) is 9.92. The van der Waals surface area contributed by atoms with E-state index >= 15 is 0 Å². The molecule has 1 aromatic rings. The molecule has 0 saturated heterocycles. The molecule has 0 N–H and O–H groups in total. The van der Waals surface area contributed by atoms with Crippen molar-refractivity contribution in [2.45, 2.75) is 20.8 Å². The second kappa shape index (κ2) is 2.93. The Morgan fingerprint density at radius 3 is 2.08 bits per heavy atom. The third-order valence-corrected chi connectivity index (χ3v) is 2.09. The molecular formula is C9H11NO2. The van der Waals surface area contributed by atoms with E-state index in [1.54, 1.807) is 19.9 Å². The quantitative estimate of drug-likeness (QED) is 0.474. The van der Waals surface area contributed by atoms with E-state index in [0.717, 1.165) is 16.7 Å². The minimum atomic E-state index is -0.322. The van der Waals surface area contributed by atoms with Crippen LogP contribution in [0.15, 0.2) is 12.1 Å². The average molecular weight is 165 g/mol. The summed E-state index contributed by atoms with van der Waals surface area (Å²) in [7, 11) is 0. The standard InChI is InChI=1S/C9H11NO2/c1-6-4-5-7(2)9(8(6)3)10(11)12/h4-5H,1-3H3. The van der Waals surface area contributed by atoms with E-state index in [0.29, 0.717) is 0 Å². The monoisotopic (exact) mass is 165 g/mol. The molecule has 3 heteroatoms. The van der Waals surface area contributed by atoms with E-state index in [9.17, 15) is 10.1 Å². The second-order valence-electron chi connectivity index (χ2n) is 2.93. The van der Waals surface area contributed by atoms with Crippen molar-refractivity contribution in [1.82, 2.24) is 0 Å². The molecule has 0 aliphatic carbocycles. The fourth-order valence-electron chi connectivity index (χ4n) is 1.22. The van der Waals surface area contributed by atoms with Gasteiger partial charge in [-0.15, -0.1) is 0 Å². The molecule has 1 rings (SSSR count). The lowest BCUT2D eigenvalue weighted by Crippen LogP contribution is -1.96. The molecule has 1 aromatic carbocycles. The van der Waals surface area contributed by atoms with Crippen molar-refractivity contribution in [1.29, 1.82) is 0 Å². The summed E-state index contributed by atoms with van der Waals surface area (Å²) in [4.78, 5) is 10.3. The van der Waals surface area contributed by atoms with E-state index in [1.165, 1.54) is 0 Å². The van der Waals surface area contributed by atoms with Gasteiger partial charge in [0.25, 0.3) is 5.69 Å². The zero-order valence-electron chi connectivity index (χ0n) is 7.42. The Bertz CT molecular complexity index is 332. The van der Waals surface area contributed by atoms with Crippen molar-refractivity contribution < 1.29 is 4.92 Å². The van der Waals surface area contributed by atoms with Gasteiger partial charge in [-0.05, 0) is 26.3 Å². The Morgan fingerprint density at radius 2 is 1.67 bits per heavy atom. The number of aryl methyl sites for hydroxylation is 2. The van der Waals surface area contributed by atoms with Gasteiger partial charge in [0, 0.05) is 11.1 Å². The fourth-order valence-corrected chi connectivity index (χ4v) is 1.22. The molecule has 0 aliphatic rings. The highest BCUT2D eigenvalue weighted by Gasteiger charge is 2.14. The molecule has 0 spiro atoms. The summed E-state index contributed by atoms with van der Waals surface area (Å²) < 4.78 is 0. The van der Waals surface area contributed by atoms with Crippen LogP contribution in [0, 0.1) is 30.9 Å². The molecule has 0 aliphatic heterocycles. The maximum Gasteiger partial charge on any atom is 0.275 e. The minimum Gasteiger partial charge on any atom is -0.258 e. The van der Waals surface area contributed by atoms with Crippen LogP contribution in [0.25, 0.3) is 0 Å². The van der Waals surface area contributed by atoms with Gasteiger partial charge >= 0.3 is 0 Å². The Hall–Kier alpha value is -1.38. The summed E-state index contributed by atoms with van der Waals surface area (Å²) in [6, 6.07) is 3.68. The number of benzene rings is 1.